The SMILES string of the molecule is C=CCCC(C)c1ccc(C=O)cc1. The fourth-order valence-corrected chi connectivity index (χ4v) is 1.44. The van der Waals surface area contributed by atoms with E-state index in [4.69, 9.17) is 0 Å². The summed E-state index contributed by atoms with van der Waals surface area (Å²) in [7, 11) is 0. The van der Waals surface area contributed by atoms with Gasteiger partial charge in [0.1, 0.15) is 6.29 Å². The smallest absolute Gasteiger partial charge is 0.150 e. The molecule has 0 fully saturated rings. The molecule has 0 bridgehead atoms. The standard InChI is InChI=1S/C13H16O/c1-3-4-5-11(2)13-8-6-12(10-14)7-9-13/h3,6-11H,1,4-5H2,2H3. The van der Waals surface area contributed by atoms with E-state index in [9.17, 15) is 4.79 Å². The van der Waals surface area contributed by atoms with Crippen LogP contribution in [0.5, 0.6) is 0 Å². The van der Waals surface area contributed by atoms with Crippen LogP contribution in [-0.2, 0) is 0 Å². The van der Waals surface area contributed by atoms with Gasteiger partial charge in [-0.3, -0.25) is 4.79 Å². The molecule has 1 aromatic carbocycles. The zero-order valence-corrected chi connectivity index (χ0v) is 8.57. The van der Waals surface area contributed by atoms with E-state index >= 15 is 0 Å². The second-order valence-corrected chi connectivity index (χ2v) is 3.55. The van der Waals surface area contributed by atoms with Gasteiger partial charge in [0.05, 0.1) is 0 Å². The molecule has 1 heteroatoms. The van der Waals surface area contributed by atoms with Gasteiger partial charge < -0.3 is 0 Å². The third-order valence-electron chi connectivity index (χ3n) is 2.45. The molecule has 0 amide bonds. The fourth-order valence-electron chi connectivity index (χ4n) is 1.44. The molecule has 0 aliphatic heterocycles. The van der Waals surface area contributed by atoms with Crippen LogP contribution in [0.1, 0.15) is 41.6 Å². The third kappa shape index (κ3) is 2.84. The highest BCUT2D eigenvalue weighted by atomic mass is 16.1. The highest BCUT2D eigenvalue weighted by Crippen LogP contribution is 2.20. The molecule has 1 unspecified atom stereocenters. The molecule has 0 N–H and O–H groups in total. The normalized spacial score (nSPS) is 12.1. The van der Waals surface area contributed by atoms with Gasteiger partial charge in [0, 0.05) is 5.56 Å². The molecule has 0 aliphatic carbocycles. The van der Waals surface area contributed by atoms with Gasteiger partial charge in [0.2, 0.25) is 0 Å². The molecule has 14 heavy (non-hydrogen) atoms. The van der Waals surface area contributed by atoms with E-state index in [1.807, 2.05) is 30.3 Å². The molecule has 0 aromatic heterocycles. The quantitative estimate of drug-likeness (QED) is 0.510. The van der Waals surface area contributed by atoms with Crippen LogP contribution < -0.4 is 0 Å². The molecule has 1 rings (SSSR count). The average Bonchev–Trinajstić information content (AvgIpc) is 2.26. The van der Waals surface area contributed by atoms with E-state index < -0.39 is 0 Å². The minimum atomic E-state index is 0.536. The maximum absolute atomic E-state index is 10.4. The summed E-state index contributed by atoms with van der Waals surface area (Å²) in [5.41, 5.74) is 2.03. The van der Waals surface area contributed by atoms with Crippen LogP contribution in [0.4, 0.5) is 0 Å². The number of hydrogen-bond acceptors (Lipinski definition) is 1. The van der Waals surface area contributed by atoms with Gasteiger partial charge >= 0.3 is 0 Å². The number of aldehydes is 1. The van der Waals surface area contributed by atoms with Crippen molar-refractivity contribution >= 4 is 6.29 Å². The summed E-state index contributed by atoms with van der Waals surface area (Å²) in [6.45, 7) is 5.90. The summed E-state index contributed by atoms with van der Waals surface area (Å²) in [6.07, 6.45) is 4.97. The van der Waals surface area contributed by atoms with E-state index in [-0.39, 0.29) is 0 Å². The van der Waals surface area contributed by atoms with Crippen molar-refractivity contribution in [3.05, 3.63) is 48.0 Å². The van der Waals surface area contributed by atoms with Crippen molar-refractivity contribution < 1.29 is 4.79 Å². The lowest BCUT2D eigenvalue weighted by Crippen LogP contribution is -1.93. The Bertz CT molecular complexity index is 298. The zero-order valence-electron chi connectivity index (χ0n) is 8.57. The van der Waals surface area contributed by atoms with E-state index in [2.05, 4.69) is 13.5 Å². The predicted molar refractivity (Wildman–Crippen MR) is 59.7 cm³/mol. The molecule has 0 aliphatic rings. The van der Waals surface area contributed by atoms with Gasteiger partial charge in [0.25, 0.3) is 0 Å². The second kappa shape index (κ2) is 5.38. The van der Waals surface area contributed by atoms with Crippen molar-refractivity contribution in [2.24, 2.45) is 0 Å². The van der Waals surface area contributed by atoms with Crippen molar-refractivity contribution in [3.8, 4) is 0 Å². The fraction of sp³-hybridized carbons (Fsp3) is 0.308. The Labute approximate surface area is 85.5 Å². The Hall–Kier alpha value is -1.37. The summed E-state index contributed by atoms with van der Waals surface area (Å²) < 4.78 is 0. The lowest BCUT2D eigenvalue weighted by atomic mass is 9.95. The highest BCUT2D eigenvalue weighted by Gasteiger charge is 2.03. The van der Waals surface area contributed by atoms with E-state index in [0.717, 1.165) is 24.7 Å². The highest BCUT2D eigenvalue weighted by molar-refractivity contribution is 5.74. The van der Waals surface area contributed by atoms with Crippen LogP contribution in [0, 0.1) is 0 Å². The van der Waals surface area contributed by atoms with E-state index in [0.29, 0.717) is 5.92 Å². The summed E-state index contributed by atoms with van der Waals surface area (Å²) >= 11 is 0. The maximum Gasteiger partial charge on any atom is 0.150 e. The summed E-state index contributed by atoms with van der Waals surface area (Å²) in [6, 6.07) is 7.79. The minimum Gasteiger partial charge on any atom is -0.298 e. The van der Waals surface area contributed by atoms with Crippen LogP contribution in [0.3, 0.4) is 0 Å². The van der Waals surface area contributed by atoms with Gasteiger partial charge in [-0.2, -0.15) is 0 Å². The molecule has 1 atom stereocenters. The Kier molecular flexibility index (Phi) is 4.11. The zero-order chi connectivity index (χ0) is 10.4. The second-order valence-electron chi connectivity index (χ2n) is 3.55. The van der Waals surface area contributed by atoms with Crippen molar-refractivity contribution in [1.82, 2.24) is 0 Å². The molecule has 0 spiro atoms. The Morgan fingerprint density at radius 3 is 2.50 bits per heavy atom. The number of carbonyl (C=O) groups is 1. The Balaban J connectivity index is 2.65. The summed E-state index contributed by atoms with van der Waals surface area (Å²) in [4.78, 5) is 10.4. The van der Waals surface area contributed by atoms with Crippen LogP contribution in [-0.4, -0.2) is 6.29 Å². The van der Waals surface area contributed by atoms with Gasteiger partial charge in [-0.15, -0.1) is 6.58 Å². The monoisotopic (exact) mass is 188 g/mol. The molecule has 1 aromatic rings. The first-order valence-corrected chi connectivity index (χ1v) is 4.94. The average molecular weight is 188 g/mol. The summed E-state index contributed by atoms with van der Waals surface area (Å²) in [5.74, 6) is 0.536. The number of allylic oxidation sites excluding steroid dienone is 1. The van der Waals surface area contributed by atoms with Crippen molar-refractivity contribution in [2.75, 3.05) is 0 Å². The lowest BCUT2D eigenvalue weighted by molar-refractivity contribution is 0.112. The first-order valence-electron chi connectivity index (χ1n) is 4.94. The Morgan fingerprint density at radius 1 is 1.36 bits per heavy atom. The molecule has 0 saturated heterocycles. The first-order chi connectivity index (χ1) is 6.77. The van der Waals surface area contributed by atoms with E-state index in [1.165, 1.54) is 5.56 Å². The van der Waals surface area contributed by atoms with Gasteiger partial charge in [0.15, 0.2) is 0 Å². The largest absolute Gasteiger partial charge is 0.298 e. The number of rotatable bonds is 5. The molecule has 0 heterocycles. The van der Waals surface area contributed by atoms with Crippen molar-refractivity contribution in [3.63, 3.8) is 0 Å². The van der Waals surface area contributed by atoms with Gasteiger partial charge in [-0.25, -0.2) is 0 Å². The van der Waals surface area contributed by atoms with Crippen LogP contribution in [0.15, 0.2) is 36.9 Å². The van der Waals surface area contributed by atoms with Crippen LogP contribution in [0.25, 0.3) is 0 Å². The molecule has 0 radical (unpaired) electrons. The summed E-state index contributed by atoms with van der Waals surface area (Å²) in [5, 5.41) is 0. The first kappa shape index (κ1) is 10.7. The molecule has 0 saturated carbocycles. The van der Waals surface area contributed by atoms with Crippen LogP contribution >= 0.6 is 0 Å². The van der Waals surface area contributed by atoms with E-state index in [1.54, 1.807) is 0 Å². The molecule has 1 nitrogen and oxygen atoms in total. The Morgan fingerprint density at radius 2 is 2.00 bits per heavy atom. The van der Waals surface area contributed by atoms with Crippen LogP contribution in [0.2, 0.25) is 0 Å². The maximum atomic E-state index is 10.4. The lowest BCUT2D eigenvalue weighted by Gasteiger charge is -2.10. The van der Waals surface area contributed by atoms with Gasteiger partial charge in [-0.05, 0) is 24.3 Å². The molecular weight excluding hydrogens is 172 g/mol. The minimum absolute atomic E-state index is 0.536. The number of benzene rings is 1. The molecular formula is C13H16O. The topological polar surface area (TPSA) is 17.1 Å². The van der Waals surface area contributed by atoms with Crippen molar-refractivity contribution in [2.45, 2.75) is 25.7 Å². The third-order valence-corrected chi connectivity index (χ3v) is 2.45. The number of carbonyl (C=O) groups excluding carboxylic acids is 1. The van der Waals surface area contributed by atoms with Gasteiger partial charge in [-0.1, -0.05) is 37.3 Å². The molecule has 74 valence electrons. The number of hydrogen-bond donors (Lipinski definition) is 0. The van der Waals surface area contributed by atoms with Crippen molar-refractivity contribution in [1.29, 1.82) is 0 Å². The predicted octanol–water partition coefficient (Wildman–Crippen LogP) is 3.57.